The fraction of sp³-hybridized carbons (Fsp3) is 0.100. The van der Waals surface area contributed by atoms with Gasteiger partial charge < -0.3 is 4.74 Å². The number of carbonyl (C=O) groups is 1. The molecule has 0 fully saturated rings. The van der Waals surface area contributed by atoms with Gasteiger partial charge in [-0.3, -0.25) is 0 Å². The topological polar surface area (TPSA) is 26.3 Å². The maximum atomic E-state index is 11.2. The lowest BCUT2D eigenvalue weighted by atomic mass is 10.1. The Labute approximate surface area is 90.7 Å². The molecule has 0 N–H and O–H groups in total. The van der Waals surface area contributed by atoms with Crippen LogP contribution in [0, 0.1) is 9.65 Å². The van der Waals surface area contributed by atoms with Gasteiger partial charge in [0.15, 0.2) is 0 Å². The van der Waals surface area contributed by atoms with E-state index in [1.54, 1.807) is 12.1 Å². The average molecular weight is 287 g/mol. The molecule has 1 rings (SSSR count). The lowest BCUT2D eigenvalue weighted by Crippen LogP contribution is -2.01. The van der Waals surface area contributed by atoms with Gasteiger partial charge >= 0.3 is 5.97 Å². The van der Waals surface area contributed by atoms with Crippen molar-refractivity contribution in [3.05, 3.63) is 45.6 Å². The van der Waals surface area contributed by atoms with Crippen LogP contribution < -0.4 is 0 Å². The van der Waals surface area contributed by atoms with Crippen molar-refractivity contribution in [2.24, 2.45) is 0 Å². The van der Waals surface area contributed by atoms with Crippen LogP contribution in [0.5, 0.6) is 0 Å². The molecule has 0 aromatic heterocycles. The van der Waals surface area contributed by atoms with E-state index in [-0.39, 0.29) is 5.97 Å². The van der Waals surface area contributed by atoms with E-state index in [4.69, 9.17) is 0 Å². The molecule has 1 radical (unpaired) electrons. The largest absolute Gasteiger partial charge is 0.465 e. The number of rotatable bonds is 2. The zero-order valence-corrected chi connectivity index (χ0v) is 9.29. The highest BCUT2D eigenvalue weighted by Gasteiger charge is 2.06. The van der Waals surface area contributed by atoms with Crippen molar-refractivity contribution < 1.29 is 9.53 Å². The quantitative estimate of drug-likeness (QED) is 0.617. The molecular formula is C10H8IO2. The van der Waals surface area contributed by atoms with Crippen LogP contribution in [0.3, 0.4) is 0 Å². The minimum absolute atomic E-state index is 0.338. The van der Waals surface area contributed by atoms with Crippen LogP contribution in [0.2, 0.25) is 0 Å². The monoisotopic (exact) mass is 287 g/mol. The Bertz CT molecular complexity index is 345. The second-order valence-corrected chi connectivity index (χ2v) is 3.64. The SMILES string of the molecule is C=[C]c1cc(I)cc(C(=O)OC)c1. The van der Waals surface area contributed by atoms with Crippen molar-refractivity contribution in [1.29, 1.82) is 0 Å². The van der Waals surface area contributed by atoms with Gasteiger partial charge in [0.25, 0.3) is 0 Å². The van der Waals surface area contributed by atoms with Crippen LogP contribution in [0.15, 0.2) is 24.8 Å². The molecule has 67 valence electrons. The van der Waals surface area contributed by atoms with Gasteiger partial charge in [0.1, 0.15) is 0 Å². The number of halogens is 1. The van der Waals surface area contributed by atoms with Gasteiger partial charge in [-0.1, -0.05) is 6.58 Å². The zero-order valence-electron chi connectivity index (χ0n) is 7.13. The van der Waals surface area contributed by atoms with Gasteiger partial charge in [0, 0.05) is 3.57 Å². The second kappa shape index (κ2) is 4.41. The fourth-order valence-electron chi connectivity index (χ4n) is 0.927. The third kappa shape index (κ3) is 2.55. The lowest BCUT2D eigenvalue weighted by molar-refractivity contribution is 0.0600. The smallest absolute Gasteiger partial charge is 0.337 e. The summed E-state index contributed by atoms with van der Waals surface area (Å²) in [6.45, 7) is 3.52. The zero-order chi connectivity index (χ0) is 9.84. The van der Waals surface area contributed by atoms with Crippen LogP contribution >= 0.6 is 22.6 Å². The Balaban J connectivity index is 3.15. The van der Waals surface area contributed by atoms with E-state index in [1.807, 2.05) is 6.07 Å². The van der Waals surface area contributed by atoms with Crippen LogP contribution in [-0.2, 0) is 4.74 Å². The van der Waals surface area contributed by atoms with Gasteiger partial charge in [-0.2, -0.15) is 0 Å². The van der Waals surface area contributed by atoms with Crippen molar-refractivity contribution in [3.8, 4) is 0 Å². The molecule has 0 unspecified atom stereocenters. The molecule has 0 aliphatic rings. The van der Waals surface area contributed by atoms with Crippen molar-refractivity contribution in [2.45, 2.75) is 0 Å². The van der Waals surface area contributed by atoms with E-state index in [9.17, 15) is 4.79 Å². The summed E-state index contributed by atoms with van der Waals surface area (Å²) in [4.78, 5) is 11.2. The first-order chi connectivity index (χ1) is 6.17. The first-order valence-electron chi connectivity index (χ1n) is 3.59. The van der Waals surface area contributed by atoms with Crippen LogP contribution in [0.25, 0.3) is 0 Å². The Hall–Kier alpha value is -0.840. The highest BCUT2D eigenvalue weighted by molar-refractivity contribution is 14.1. The molecule has 0 heterocycles. The average Bonchev–Trinajstić information content (AvgIpc) is 2.15. The van der Waals surface area contributed by atoms with E-state index in [2.05, 4.69) is 40.0 Å². The molecule has 13 heavy (non-hydrogen) atoms. The molecule has 0 amide bonds. The van der Waals surface area contributed by atoms with Crippen molar-refractivity contribution in [3.63, 3.8) is 0 Å². The maximum Gasteiger partial charge on any atom is 0.337 e. The summed E-state index contributed by atoms with van der Waals surface area (Å²) in [5.74, 6) is -0.338. The molecule has 2 nitrogen and oxygen atoms in total. The highest BCUT2D eigenvalue weighted by Crippen LogP contribution is 2.13. The van der Waals surface area contributed by atoms with Gasteiger partial charge in [-0.15, -0.1) is 0 Å². The molecule has 3 heteroatoms. The molecule has 0 saturated heterocycles. The molecule has 1 aromatic carbocycles. The third-order valence-electron chi connectivity index (χ3n) is 1.52. The second-order valence-electron chi connectivity index (χ2n) is 2.40. The molecule has 0 atom stereocenters. The molecule has 0 spiro atoms. The number of hydrogen-bond acceptors (Lipinski definition) is 2. The van der Waals surface area contributed by atoms with E-state index in [0.29, 0.717) is 5.56 Å². The maximum absolute atomic E-state index is 11.2. The number of carbonyl (C=O) groups excluding carboxylic acids is 1. The minimum atomic E-state index is -0.338. The summed E-state index contributed by atoms with van der Waals surface area (Å²) in [6.07, 6.45) is 2.72. The number of ether oxygens (including phenoxy) is 1. The Morgan fingerprint density at radius 1 is 1.54 bits per heavy atom. The van der Waals surface area contributed by atoms with Gasteiger partial charge in [0.2, 0.25) is 0 Å². The summed E-state index contributed by atoms with van der Waals surface area (Å²) in [7, 11) is 1.36. The summed E-state index contributed by atoms with van der Waals surface area (Å²) < 4.78 is 5.56. The predicted molar refractivity (Wildman–Crippen MR) is 58.5 cm³/mol. The van der Waals surface area contributed by atoms with Crippen molar-refractivity contribution >= 4 is 28.6 Å². The normalized spacial score (nSPS) is 9.38. The first-order valence-corrected chi connectivity index (χ1v) is 4.67. The highest BCUT2D eigenvalue weighted by atomic mass is 127. The van der Waals surface area contributed by atoms with Gasteiger partial charge in [-0.05, 0) is 52.4 Å². The van der Waals surface area contributed by atoms with Crippen LogP contribution in [-0.4, -0.2) is 13.1 Å². The van der Waals surface area contributed by atoms with Crippen molar-refractivity contribution in [1.82, 2.24) is 0 Å². The molecule has 1 aromatic rings. The number of methoxy groups -OCH3 is 1. The summed E-state index contributed by atoms with van der Waals surface area (Å²) in [6, 6.07) is 5.34. The minimum Gasteiger partial charge on any atom is -0.465 e. The Morgan fingerprint density at radius 3 is 2.77 bits per heavy atom. The van der Waals surface area contributed by atoms with E-state index in [0.717, 1.165) is 9.13 Å². The summed E-state index contributed by atoms with van der Waals surface area (Å²) in [5, 5.41) is 0. The number of benzene rings is 1. The Morgan fingerprint density at radius 2 is 2.23 bits per heavy atom. The lowest BCUT2D eigenvalue weighted by Gasteiger charge is -2.01. The number of hydrogen-bond donors (Lipinski definition) is 0. The third-order valence-corrected chi connectivity index (χ3v) is 2.15. The summed E-state index contributed by atoms with van der Waals surface area (Å²) >= 11 is 2.13. The van der Waals surface area contributed by atoms with E-state index in [1.165, 1.54) is 7.11 Å². The first kappa shape index (κ1) is 10.2. The van der Waals surface area contributed by atoms with Gasteiger partial charge in [-0.25, -0.2) is 4.79 Å². The summed E-state index contributed by atoms with van der Waals surface area (Å²) in [5.41, 5.74) is 1.33. The molecular weight excluding hydrogens is 279 g/mol. The van der Waals surface area contributed by atoms with Crippen LogP contribution in [0.1, 0.15) is 15.9 Å². The molecule has 0 aliphatic heterocycles. The molecule has 0 aliphatic carbocycles. The standard InChI is InChI=1S/C10H8IO2/c1-3-7-4-8(10(12)13-2)6-9(11)5-7/h4-6H,1H2,2H3. The van der Waals surface area contributed by atoms with E-state index >= 15 is 0 Å². The fourth-order valence-corrected chi connectivity index (χ4v) is 1.60. The van der Waals surface area contributed by atoms with Crippen LogP contribution in [0.4, 0.5) is 0 Å². The number of esters is 1. The molecule has 0 saturated carbocycles. The predicted octanol–water partition coefficient (Wildman–Crippen LogP) is 2.42. The van der Waals surface area contributed by atoms with Gasteiger partial charge in [0.05, 0.1) is 12.7 Å². The van der Waals surface area contributed by atoms with Crippen molar-refractivity contribution in [2.75, 3.05) is 7.11 Å². The van der Waals surface area contributed by atoms with E-state index < -0.39 is 0 Å². The Kier molecular flexibility index (Phi) is 3.48. The molecule has 0 bridgehead atoms.